The Morgan fingerprint density at radius 2 is 1.85 bits per heavy atom. The Bertz CT molecular complexity index is 998. The van der Waals surface area contributed by atoms with E-state index < -0.39 is 6.16 Å². The van der Waals surface area contributed by atoms with Crippen LogP contribution in [0.2, 0.25) is 5.02 Å². The summed E-state index contributed by atoms with van der Waals surface area (Å²) in [5.74, 6) is 0.421. The average Bonchev–Trinajstić information content (AvgIpc) is 2.82. The molecule has 2 aromatic rings. The van der Waals surface area contributed by atoms with Crippen LogP contribution in [-0.4, -0.2) is 49.1 Å². The quantitative estimate of drug-likeness (QED) is 0.364. The SMILES string of the molecule is CCOC(=O)Oc1ccc(C(=O)N2CCC(CNC(=O)/C=C/c3cccc(Cl)c3)CC2)cc1. The van der Waals surface area contributed by atoms with Crippen LogP contribution in [0.15, 0.2) is 54.6 Å². The molecule has 1 aliphatic rings. The highest BCUT2D eigenvalue weighted by molar-refractivity contribution is 6.30. The molecular weight excluding hydrogens is 444 g/mol. The molecule has 0 radical (unpaired) electrons. The van der Waals surface area contributed by atoms with E-state index in [0.717, 1.165) is 18.4 Å². The van der Waals surface area contributed by atoms with Crippen LogP contribution in [0.25, 0.3) is 6.08 Å². The van der Waals surface area contributed by atoms with Gasteiger partial charge in [0.2, 0.25) is 5.91 Å². The van der Waals surface area contributed by atoms with Crippen LogP contribution in [0.3, 0.4) is 0 Å². The van der Waals surface area contributed by atoms with Crippen molar-refractivity contribution >= 4 is 35.6 Å². The Morgan fingerprint density at radius 1 is 1.12 bits per heavy atom. The summed E-state index contributed by atoms with van der Waals surface area (Å²) in [7, 11) is 0. The van der Waals surface area contributed by atoms with Gasteiger partial charge in [-0.2, -0.15) is 0 Å². The summed E-state index contributed by atoms with van der Waals surface area (Å²) >= 11 is 5.95. The lowest BCUT2D eigenvalue weighted by Crippen LogP contribution is -2.41. The van der Waals surface area contributed by atoms with Crippen molar-refractivity contribution in [1.29, 1.82) is 0 Å². The topological polar surface area (TPSA) is 84.9 Å². The first kappa shape index (κ1) is 24.3. The number of nitrogens with one attached hydrogen (secondary N) is 1. The third-order valence-electron chi connectivity index (χ3n) is 5.31. The first-order valence-corrected chi connectivity index (χ1v) is 11.3. The van der Waals surface area contributed by atoms with Gasteiger partial charge in [-0.05, 0) is 73.7 Å². The van der Waals surface area contributed by atoms with Gasteiger partial charge in [-0.1, -0.05) is 23.7 Å². The van der Waals surface area contributed by atoms with E-state index in [2.05, 4.69) is 5.32 Å². The molecule has 1 heterocycles. The van der Waals surface area contributed by atoms with Gasteiger partial charge in [-0.3, -0.25) is 9.59 Å². The maximum Gasteiger partial charge on any atom is 0.513 e. The summed E-state index contributed by atoms with van der Waals surface area (Å²) in [4.78, 5) is 38.0. The molecule has 1 saturated heterocycles. The number of hydrogen-bond donors (Lipinski definition) is 1. The second-order valence-corrected chi connectivity index (χ2v) is 8.11. The van der Waals surface area contributed by atoms with Gasteiger partial charge in [0.15, 0.2) is 0 Å². The van der Waals surface area contributed by atoms with E-state index in [-0.39, 0.29) is 18.4 Å². The number of piperidine rings is 1. The largest absolute Gasteiger partial charge is 0.513 e. The van der Waals surface area contributed by atoms with Crippen LogP contribution >= 0.6 is 11.6 Å². The Balaban J connectivity index is 1.41. The maximum atomic E-state index is 12.8. The molecule has 2 aromatic carbocycles. The molecule has 33 heavy (non-hydrogen) atoms. The van der Waals surface area contributed by atoms with Crippen LogP contribution in [0.4, 0.5) is 4.79 Å². The third kappa shape index (κ3) is 7.64. The highest BCUT2D eigenvalue weighted by Crippen LogP contribution is 2.20. The van der Waals surface area contributed by atoms with E-state index in [1.54, 1.807) is 54.3 Å². The summed E-state index contributed by atoms with van der Waals surface area (Å²) in [5, 5.41) is 3.55. The van der Waals surface area contributed by atoms with Crippen molar-refractivity contribution in [2.75, 3.05) is 26.2 Å². The zero-order valence-corrected chi connectivity index (χ0v) is 19.2. The zero-order chi connectivity index (χ0) is 23.6. The van der Waals surface area contributed by atoms with Crippen LogP contribution in [0, 0.1) is 5.92 Å². The second kappa shape index (κ2) is 12.1. The number of likely N-dealkylation sites (tertiary alicyclic amines) is 1. The molecule has 1 fully saturated rings. The molecule has 8 heteroatoms. The van der Waals surface area contributed by atoms with Gasteiger partial charge in [0.05, 0.1) is 6.61 Å². The highest BCUT2D eigenvalue weighted by atomic mass is 35.5. The fourth-order valence-electron chi connectivity index (χ4n) is 3.52. The van der Waals surface area contributed by atoms with Gasteiger partial charge in [-0.15, -0.1) is 0 Å². The van der Waals surface area contributed by atoms with Crippen molar-refractivity contribution in [2.45, 2.75) is 19.8 Å². The van der Waals surface area contributed by atoms with Crippen molar-refractivity contribution in [3.63, 3.8) is 0 Å². The molecule has 0 spiro atoms. The molecule has 0 atom stereocenters. The van der Waals surface area contributed by atoms with Gasteiger partial charge in [0.25, 0.3) is 5.91 Å². The number of amides is 2. The molecule has 2 amide bonds. The fourth-order valence-corrected chi connectivity index (χ4v) is 3.72. The number of halogens is 1. The van der Waals surface area contributed by atoms with E-state index in [0.29, 0.717) is 41.9 Å². The van der Waals surface area contributed by atoms with Crippen LogP contribution < -0.4 is 10.1 Å². The van der Waals surface area contributed by atoms with Crippen molar-refractivity contribution in [3.05, 3.63) is 70.8 Å². The molecule has 1 N–H and O–H groups in total. The van der Waals surface area contributed by atoms with E-state index in [1.807, 2.05) is 12.1 Å². The number of carbonyl (C=O) groups is 3. The average molecular weight is 471 g/mol. The second-order valence-electron chi connectivity index (χ2n) is 7.68. The standard InChI is InChI=1S/C25H27ClN2O5/c1-2-32-25(31)33-22-9-7-20(8-10-22)24(30)28-14-12-19(13-15-28)17-27-23(29)11-6-18-4-3-5-21(26)16-18/h3-11,16,19H,2,12-15,17H2,1H3,(H,27,29)/b11-6+. The van der Waals surface area contributed by atoms with E-state index in [4.69, 9.17) is 21.1 Å². The number of benzene rings is 2. The highest BCUT2D eigenvalue weighted by Gasteiger charge is 2.24. The van der Waals surface area contributed by atoms with Crippen LogP contribution in [-0.2, 0) is 9.53 Å². The minimum atomic E-state index is -0.773. The molecule has 0 aromatic heterocycles. The fraction of sp³-hybridized carbons (Fsp3) is 0.320. The predicted molar refractivity (Wildman–Crippen MR) is 126 cm³/mol. The summed E-state index contributed by atoms with van der Waals surface area (Å²) in [5.41, 5.74) is 1.40. The van der Waals surface area contributed by atoms with Gasteiger partial charge in [0.1, 0.15) is 5.75 Å². The molecule has 3 rings (SSSR count). The van der Waals surface area contributed by atoms with Crippen molar-refractivity contribution < 1.29 is 23.9 Å². The lowest BCUT2D eigenvalue weighted by Gasteiger charge is -2.32. The van der Waals surface area contributed by atoms with Crippen molar-refractivity contribution in [3.8, 4) is 5.75 Å². The first-order valence-electron chi connectivity index (χ1n) is 10.9. The van der Waals surface area contributed by atoms with Crippen LogP contribution in [0.1, 0.15) is 35.7 Å². The lowest BCUT2D eigenvalue weighted by atomic mass is 9.96. The van der Waals surface area contributed by atoms with E-state index >= 15 is 0 Å². The molecule has 0 unspecified atom stereocenters. The molecular formula is C25H27ClN2O5. The van der Waals surface area contributed by atoms with Crippen molar-refractivity contribution in [2.24, 2.45) is 5.92 Å². The summed E-state index contributed by atoms with van der Waals surface area (Å²) in [6.45, 7) is 3.74. The number of nitrogens with zero attached hydrogens (tertiary/aromatic N) is 1. The summed E-state index contributed by atoms with van der Waals surface area (Å²) < 4.78 is 9.74. The lowest BCUT2D eigenvalue weighted by molar-refractivity contribution is -0.116. The van der Waals surface area contributed by atoms with Crippen LogP contribution in [0.5, 0.6) is 5.75 Å². The first-order chi connectivity index (χ1) is 15.9. The number of ether oxygens (including phenoxy) is 2. The Kier molecular flexibility index (Phi) is 8.89. The number of carbonyl (C=O) groups excluding carboxylic acids is 3. The monoisotopic (exact) mass is 470 g/mol. The predicted octanol–water partition coefficient (Wildman–Crippen LogP) is 4.56. The Labute approximate surface area is 198 Å². The van der Waals surface area contributed by atoms with Gasteiger partial charge < -0.3 is 19.7 Å². The van der Waals surface area contributed by atoms with Gasteiger partial charge >= 0.3 is 6.16 Å². The Hall–Kier alpha value is -3.32. The molecule has 0 aliphatic carbocycles. The van der Waals surface area contributed by atoms with E-state index in [9.17, 15) is 14.4 Å². The smallest absolute Gasteiger partial charge is 0.434 e. The summed E-state index contributed by atoms with van der Waals surface area (Å²) in [6.07, 6.45) is 4.08. The molecule has 174 valence electrons. The molecule has 7 nitrogen and oxygen atoms in total. The maximum absolute atomic E-state index is 12.8. The Morgan fingerprint density at radius 3 is 2.52 bits per heavy atom. The summed E-state index contributed by atoms with van der Waals surface area (Å²) in [6, 6.07) is 13.7. The minimum absolute atomic E-state index is 0.0652. The van der Waals surface area contributed by atoms with Gasteiger partial charge in [-0.25, -0.2) is 4.79 Å². The normalized spacial score (nSPS) is 14.2. The van der Waals surface area contributed by atoms with E-state index in [1.165, 1.54) is 6.08 Å². The van der Waals surface area contributed by atoms with Crippen molar-refractivity contribution in [1.82, 2.24) is 10.2 Å². The molecule has 0 bridgehead atoms. The van der Waals surface area contributed by atoms with Gasteiger partial charge in [0, 0.05) is 36.3 Å². The number of rotatable bonds is 7. The zero-order valence-electron chi connectivity index (χ0n) is 18.5. The minimum Gasteiger partial charge on any atom is -0.434 e. The third-order valence-corrected chi connectivity index (χ3v) is 5.54. The number of hydrogen-bond acceptors (Lipinski definition) is 5. The molecule has 0 saturated carbocycles. The molecule has 1 aliphatic heterocycles.